The summed E-state index contributed by atoms with van der Waals surface area (Å²) in [5.74, 6) is 3.00. The molecule has 2 rings (SSSR count). The van der Waals surface area contributed by atoms with Crippen LogP contribution in [0.15, 0.2) is 46.9 Å². The standard InChI is InChI=1S/C16H12BrNO2/c1-3-11-5-4-6-13(9-11)18-16(19)12-7-8-15(20-2)14(17)10-12/h1,4-10H,2H3,(H,18,19). The molecule has 0 spiro atoms. The highest BCUT2D eigenvalue weighted by Gasteiger charge is 2.09. The summed E-state index contributed by atoms with van der Waals surface area (Å²) >= 11 is 3.35. The Labute approximate surface area is 126 Å². The zero-order chi connectivity index (χ0) is 14.5. The molecule has 3 nitrogen and oxygen atoms in total. The third-order valence-corrected chi connectivity index (χ3v) is 3.32. The molecule has 0 unspecified atom stereocenters. The van der Waals surface area contributed by atoms with E-state index in [-0.39, 0.29) is 5.91 Å². The lowest BCUT2D eigenvalue weighted by molar-refractivity contribution is 0.102. The van der Waals surface area contributed by atoms with Gasteiger partial charge in [0.1, 0.15) is 5.75 Å². The van der Waals surface area contributed by atoms with Gasteiger partial charge in [-0.2, -0.15) is 0 Å². The number of carbonyl (C=O) groups is 1. The number of hydrogen-bond acceptors (Lipinski definition) is 2. The van der Waals surface area contributed by atoms with Gasteiger partial charge in [-0.25, -0.2) is 0 Å². The summed E-state index contributed by atoms with van der Waals surface area (Å²) in [7, 11) is 1.57. The number of ether oxygens (including phenoxy) is 1. The summed E-state index contributed by atoms with van der Waals surface area (Å²) in [6.07, 6.45) is 5.33. The van der Waals surface area contributed by atoms with Crippen molar-refractivity contribution < 1.29 is 9.53 Å². The van der Waals surface area contributed by atoms with Crippen LogP contribution < -0.4 is 10.1 Å². The highest BCUT2D eigenvalue weighted by Crippen LogP contribution is 2.25. The Morgan fingerprint density at radius 1 is 1.30 bits per heavy atom. The molecule has 4 heteroatoms. The van der Waals surface area contributed by atoms with E-state index in [0.29, 0.717) is 17.0 Å². The molecule has 2 aromatic rings. The van der Waals surface area contributed by atoms with Gasteiger partial charge in [-0.1, -0.05) is 12.0 Å². The molecule has 1 N–H and O–H groups in total. The van der Waals surface area contributed by atoms with Gasteiger partial charge < -0.3 is 10.1 Å². The van der Waals surface area contributed by atoms with Crippen molar-refractivity contribution in [2.24, 2.45) is 0 Å². The normalized spacial score (nSPS) is 9.65. The summed E-state index contributed by atoms with van der Waals surface area (Å²) in [4.78, 5) is 12.1. The molecule has 0 aromatic heterocycles. The number of nitrogens with one attached hydrogen (secondary N) is 1. The highest BCUT2D eigenvalue weighted by atomic mass is 79.9. The third-order valence-electron chi connectivity index (χ3n) is 2.70. The van der Waals surface area contributed by atoms with Crippen LogP contribution >= 0.6 is 15.9 Å². The molecule has 20 heavy (non-hydrogen) atoms. The molecule has 0 aliphatic carbocycles. The topological polar surface area (TPSA) is 38.3 Å². The van der Waals surface area contributed by atoms with Gasteiger partial charge in [0.2, 0.25) is 0 Å². The molecule has 2 aromatic carbocycles. The van der Waals surface area contributed by atoms with Gasteiger partial charge in [-0.3, -0.25) is 4.79 Å². The minimum Gasteiger partial charge on any atom is -0.496 e. The summed E-state index contributed by atoms with van der Waals surface area (Å²) in [6.45, 7) is 0. The van der Waals surface area contributed by atoms with Crippen LogP contribution in [0.4, 0.5) is 5.69 Å². The van der Waals surface area contributed by atoms with Crippen LogP contribution in [-0.4, -0.2) is 13.0 Å². The fraction of sp³-hybridized carbons (Fsp3) is 0.0625. The van der Waals surface area contributed by atoms with Crippen LogP contribution in [0.2, 0.25) is 0 Å². The predicted octanol–water partition coefficient (Wildman–Crippen LogP) is 3.69. The first-order valence-electron chi connectivity index (χ1n) is 5.85. The number of amides is 1. The van der Waals surface area contributed by atoms with Crippen molar-refractivity contribution in [3.8, 4) is 18.1 Å². The molecule has 0 saturated carbocycles. The third kappa shape index (κ3) is 3.19. The maximum absolute atomic E-state index is 12.1. The fourth-order valence-corrected chi connectivity index (χ4v) is 2.24. The molecule has 0 saturated heterocycles. The summed E-state index contributed by atoms with van der Waals surface area (Å²) in [6, 6.07) is 12.3. The van der Waals surface area contributed by atoms with Crippen LogP contribution in [0.5, 0.6) is 5.75 Å². The van der Waals surface area contributed by atoms with E-state index in [9.17, 15) is 4.79 Å². The molecule has 100 valence electrons. The first-order chi connectivity index (χ1) is 9.63. The Hall–Kier alpha value is -2.25. The van der Waals surface area contributed by atoms with Gasteiger partial charge in [0.25, 0.3) is 5.91 Å². The van der Waals surface area contributed by atoms with Crippen LogP contribution in [0.1, 0.15) is 15.9 Å². The van der Waals surface area contributed by atoms with Gasteiger partial charge in [-0.05, 0) is 52.3 Å². The van der Waals surface area contributed by atoms with E-state index in [1.807, 2.05) is 0 Å². The second-order valence-corrected chi connectivity index (χ2v) is 4.88. The molecule has 0 heterocycles. The number of carbonyl (C=O) groups excluding carboxylic acids is 1. The Bertz CT molecular complexity index is 689. The van der Waals surface area contributed by atoms with Gasteiger partial charge >= 0.3 is 0 Å². The van der Waals surface area contributed by atoms with Crippen molar-refractivity contribution in [2.75, 3.05) is 12.4 Å². The number of halogens is 1. The Morgan fingerprint density at radius 3 is 2.75 bits per heavy atom. The minimum absolute atomic E-state index is 0.206. The average Bonchev–Trinajstić information content (AvgIpc) is 2.47. The molecule has 0 fully saturated rings. The maximum Gasteiger partial charge on any atom is 0.255 e. The zero-order valence-corrected chi connectivity index (χ0v) is 12.4. The average molecular weight is 330 g/mol. The monoisotopic (exact) mass is 329 g/mol. The summed E-state index contributed by atoms with van der Waals surface area (Å²) in [5.41, 5.74) is 1.92. The number of terminal acetylenes is 1. The molecule has 0 atom stereocenters. The van der Waals surface area contributed by atoms with E-state index in [4.69, 9.17) is 11.2 Å². The van der Waals surface area contributed by atoms with E-state index in [2.05, 4.69) is 27.2 Å². The fourth-order valence-electron chi connectivity index (χ4n) is 1.70. The van der Waals surface area contributed by atoms with E-state index in [1.54, 1.807) is 49.6 Å². The number of anilines is 1. The van der Waals surface area contributed by atoms with Crippen LogP contribution in [0, 0.1) is 12.3 Å². The first kappa shape index (κ1) is 14.2. The van der Waals surface area contributed by atoms with Gasteiger partial charge in [0, 0.05) is 16.8 Å². The van der Waals surface area contributed by atoms with Crippen molar-refractivity contribution in [1.29, 1.82) is 0 Å². The van der Waals surface area contributed by atoms with Crippen molar-refractivity contribution in [2.45, 2.75) is 0 Å². The number of methoxy groups -OCH3 is 1. The molecular weight excluding hydrogens is 318 g/mol. The second-order valence-electron chi connectivity index (χ2n) is 4.03. The predicted molar refractivity (Wildman–Crippen MR) is 83.0 cm³/mol. The second kappa shape index (κ2) is 6.27. The number of benzene rings is 2. The van der Waals surface area contributed by atoms with Crippen molar-refractivity contribution in [3.63, 3.8) is 0 Å². The maximum atomic E-state index is 12.1. The number of rotatable bonds is 3. The molecule has 0 aliphatic rings. The van der Waals surface area contributed by atoms with Crippen LogP contribution in [-0.2, 0) is 0 Å². The summed E-state index contributed by atoms with van der Waals surface area (Å²) in [5, 5.41) is 2.80. The van der Waals surface area contributed by atoms with Crippen molar-refractivity contribution in [1.82, 2.24) is 0 Å². The van der Waals surface area contributed by atoms with Crippen molar-refractivity contribution >= 4 is 27.5 Å². The largest absolute Gasteiger partial charge is 0.496 e. The Kier molecular flexibility index (Phi) is 4.44. The number of hydrogen-bond donors (Lipinski definition) is 1. The quantitative estimate of drug-likeness (QED) is 0.872. The molecular formula is C16H12BrNO2. The van der Waals surface area contributed by atoms with Gasteiger partial charge in [-0.15, -0.1) is 6.42 Å². The van der Waals surface area contributed by atoms with E-state index in [1.165, 1.54) is 0 Å². The Morgan fingerprint density at radius 2 is 2.10 bits per heavy atom. The Balaban J connectivity index is 2.19. The van der Waals surface area contributed by atoms with Gasteiger partial charge in [0.15, 0.2) is 0 Å². The highest BCUT2D eigenvalue weighted by molar-refractivity contribution is 9.10. The summed E-state index contributed by atoms with van der Waals surface area (Å²) < 4.78 is 5.85. The lowest BCUT2D eigenvalue weighted by Crippen LogP contribution is -2.12. The van der Waals surface area contributed by atoms with E-state index in [0.717, 1.165) is 10.0 Å². The van der Waals surface area contributed by atoms with Crippen LogP contribution in [0.25, 0.3) is 0 Å². The first-order valence-corrected chi connectivity index (χ1v) is 6.65. The lowest BCUT2D eigenvalue weighted by atomic mass is 10.1. The van der Waals surface area contributed by atoms with E-state index >= 15 is 0 Å². The smallest absolute Gasteiger partial charge is 0.255 e. The van der Waals surface area contributed by atoms with Crippen LogP contribution in [0.3, 0.4) is 0 Å². The van der Waals surface area contributed by atoms with Gasteiger partial charge in [0.05, 0.1) is 11.6 Å². The minimum atomic E-state index is -0.206. The van der Waals surface area contributed by atoms with Crippen molar-refractivity contribution in [3.05, 3.63) is 58.1 Å². The SMILES string of the molecule is C#Cc1cccc(NC(=O)c2ccc(OC)c(Br)c2)c1. The molecule has 0 aliphatic heterocycles. The molecule has 0 radical (unpaired) electrons. The van der Waals surface area contributed by atoms with E-state index < -0.39 is 0 Å². The molecule has 1 amide bonds. The lowest BCUT2D eigenvalue weighted by Gasteiger charge is -2.08. The molecule has 0 bridgehead atoms. The zero-order valence-electron chi connectivity index (χ0n) is 10.8.